The van der Waals surface area contributed by atoms with Crippen LogP contribution in [0.25, 0.3) is 0 Å². The highest BCUT2D eigenvalue weighted by Gasteiger charge is 2.37. The Labute approximate surface area is 82.6 Å². The van der Waals surface area contributed by atoms with E-state index >= 15 is 0 Å². The minimum absolute atomic E-state index is 0.0648. The van der Waals surface area contributed by atoms with Gasteiger partial charge in [-0.2, -0.15) is 0 Å². The maximum atomic E-state index is 13.3. The molecule has 2 rings (SSSR count). The molecule has 1 aliphatic heterocycles. The molecule has 0 saturated heterocycles. The van der Waals surface area contributed by atoms with Gasteiger partial charge in [0, 0.05) is 11.6 Å². The highest BCUT2D eigenvalue weighted by atomic mass is 32.2. The van der Waals surface area contributed by atoms with E-state index in [0.29, 0.717) is 0 Å². The summed E-state index contributed by atoms with van der Waals surface area (Å²) in [5.74, 6) is -1.22. The molecule has 1 aromatic rings. The fraction of sp³-hybridized carbons (Fsp3) is 0.333. The second-order valence-corrected chi connectivity index (χ2v) is 5.05. The van der Waals surface area contributed by atoms with E-state index in [2.05, 4.69) is 0 Å². The molecule has 3 unspecified atom stereocenters. The number of halogens is 2. The number of fused-ring (bicyclic) bond motifs is 1. The largest absolute Gasteiger partial charge is 0.323 e. The Morgan fingerprint density at radius 2 is 1.93 bits per heavy atom. The summed E-state index contributed by atoms with van der Waals surface area (Å²) in [5.41, 5.74) is 5.72. The van der Waals surface area contributed by atoms with Gasteiger partial charge in [0.05, 0.1) is 20.9 Å². The molecule has 0 aliphatic carbocycles. The third-order valence-corrected chi connectivity index (χ3v) is 4.26. The predicted octanol–water partition coefficient (Wildman–Crippen LogP) is 1.47. The fourth-order valence-electron chi connectivity index (χ4n) is 1.62. The zero-order valence-electron chi connectivity index (χ0n) is 7.46. The monoisotopic (exact) mass is 217 g/mol. The lowest BCUT2D eigenvalue weighted by Crippen LogP contribution is -2.20. The van der Waals surface area contributed by atoms with Crippen molar-refractivity contribution in [2.45, 2.75) is 23.1 Å². The summed E-state index contributed by atoms with van der Waals surface area (Å²) >= 11 is 0. The molecule has 1 aromatic carbocycles. The molecule has 2 nitrogen and oxygen atoms in total. The van der Waals surface area contributed by atoms with Gasteiger partial charge < -0.3 is 5.73 Å². The molecule has 0 fully saturated rings. The molecule has 0 spiro atoms. The van der Waals surface area contributed by atoms with Crippen molar-refractivity contribution in [1.29, 1.82) is 0 Å². The minimum atomic E-state index is -1.53. The van der Waals surface area contributed by atoms with E-state index in [1.54, 1.807) is 6.92 Å². The van der Waals surface area contributed by atoms with E-state index < -0.39 is 33.7 Å². The van der Waals surface area contributed by atoms with Crippen molar-refractivity contribution in [3.63, 3.8) is 0 Å². The Hall–Kier alpha value is -0.810. The van der Waals surface area contributed by atoms with Crippen LogP contribution in [0, 0.1) is 11.6 Å². The number of hydrogen-bond donors (Lipinski definition) is 1. The van der Waals surface area contributed by atoms with Gasteiger partial charge in [0.25, 0.3) is 0 Å². The quantitative estimate of drug-likeness (QED) is 0.715. The van der Waals surface area contributed by atoms with Crippen molar-refractivity contribution in [2.24, 2.45) is 5.73 Å². The second kappa shape index (κ2) is 3.10. The van der Waals surface area contributed by atoms with Crippen LogP contribution in [0.4, 0.5) is 8.78 Å². The van der Waals surface area contributed by atoms with Crippen LogP contribution in [0.3, 0.4) is 0 Å². The molecule has 1 heterocycles. The number of benzene rings is 1. The van der Waals surface area contributed by atoms with Crippen molar-refractivity contribution in [3.05, 3.63) is 29.3 Å². The highest BCUT2D eigenvalue weighted by molar-refractivity contribution is 7.86. The molecule has 0 saturated carbocycles. The van der Waals surface area contributed by atoms with Crippen molar-refractivity contribution in [1.82, 2.24) is 0 Å². The van der Waals surface area contributed by atoms with Gasteiger partial charge >= 0.3 is 0 Å². The molecule has 0 bridgehead atoms. The first-order valence-electron chi connectivity index (χ1n) is 4.18. The maximum absolute atomic E-state index is 13.3. The minimum Gasteiger partial charge on any atom is -0.323 e. The Morgan fingerprint density at radius 1 is 1.36 bits per heavy atom. The van der Waals surface area contributed by atoms with E-state index in [0.717, 1.165) is 12.1 Å². The zero-order valence-corrected chi connectivity index (χ0v) is 8.28. The van der Waals surface area contributed by atoms with Gasteiger partial charge in [0.2, 0.25) is 0 Å². The highest BCUT2D eigenvalue weighted by Crippen LogP contribution is 2.37. The summed E-state index contributed by atoms with van der Waals surface area (Å²) in [6.07, 6.45) is 0. The third-order valence-electron chi connectivity index (χ3n) is 2.47. The average molecular weight is 217 g/mol. The van der Waals surface area contributed by atoms with Gasteiger partial charge in [-0.05, 0) is 19.1 Å². The van der Waals surface area contributed by atoms with Gasteiger partial charge in [-0.3, -0.25) is 4.21 Å². The van der Waals surface area contributed by atoms with Crippen LogP contribution < -0.4 is 5.73 Å². The molecule has 1 aliphatic rings. The first kappa shape index (κ1) is 9.73. The van der Waals surface area contributed by atoms with Crippen LogP contribution in [0.15, 0.2) is 17.0 Å². The molecule has 0 amide bonds. The topological polar surface area (TPSA) is 43.1 Å². The number of hydrogen-bond acceptors (Lipinski definition) is 2. The van der Waals surface area contributed by atoms with Crippen molar-refractivity contribution in [3.8, 4) is 0 Å². The molecular weight excluding hydrogens is 208 g/mol. The lowest BCUT2D eigenvalue weighted by atomic mass is 10.1. The second-order valence-electron chi connectivity index (χ2n) is 3.30. The molecule has 3 atom stereocenters. The molecule has 76 valence electrons. The molecule has 0 radical (unpaired) electrons. The molecule has 14 heavy (non-hydrogen) atoms. The lowest BCUT2D eigenvalue weighted by molar-refractivity contribution is 0.547. The average Bonchev–Trinajstić information content (AvgIpc) is 2.38. The van der Waals surface area contributed by atoms with Gasteiger partial charge in [0.15, 0.2) is 0 Å². The van der Waals surface area contributed by atoms with E-state index in [1.165, 1.54) is 0 Å². The zero-order chi connectivity index (χ0) is 10.5. The smallest absolute Gasteiger partial charge is 0.139 e. The van der Waals surface area contributed by atoms with E-state index in [1.807, 2.05) is 0 Å². The number of rotatable bonds is 0. The van der Waals surface area contributed by atoms with Crippen molar-refractivity contribution < 1.29 is 13.0 Å². The molecule has 0 aromatic heterocycles. The Kier molecular flexibility index (Phi) is 2.16. The lowest BCUT2D eigenvalue weighted by Gasteiger charge is -2.08. The number of nitrogens with two attached hydrogens (primary N) is 1. The Balaban J connectivity index is 2.74. The van der Waals surface area contributed by atoms with Gasteiger partial charge in [-0.1, -0.05) is 0 Å². The normalized spacial score (nSPS) is 30.4. The van der Waals surface area contributed by atoms with Gasteiger partial charge in [-0.15, -0.1) is 0 Å². The standard InChI is InChI=1S/C9H9F2NOS/c1-4-8(12)7-5(10)2-3-6(11)9(7)14(4)13/h2-4,8H,12H2,1H3. The molecule has 5 heteroatoms. The SMILES string of the molecule is CC1C(N)c2c(F)ccc(F)c2S1=O. The van der Waals surface area contributed by atoms with Crippen LogP contribution in [0.5, 0.6) is 0 Å². The Bertz CT molecular complexity index is 422. The summed E-state index contributed by atoms with van der Waals surface area (Å²) < 4.78 is 38.1. The summed E-state index contributed by atoms with van der Waals surface area (Å²) in [5, 5.41) is -0.434. The van der Waals surface area contributed by atoms with E-state index in [-0.39, 0.29) is 10.5 Å². The van der Waals surface area contributed by atoms with Crippen molar-refractivity contribution in [2.75, 3.05) is 0 Å². The van der Waals surface area contributed by atoms with Gasteiger partial charge in [0.1, 0.15) is 11.6 Å². The van der Waals surface area contributed by atoms with Crippen molar-refractivity contribution >= 4 is 10.8 Å². The summed E-state index contributed by atoms with van der Waals surface area (Å²) in [6.45, 7) is 1.62. The fourth-order valence-corrected chi connectivity index (χ4v) is 3.10. The third kappa shape index (κ3) is 1.12. The van der Waals surface area contributed by atoms with Crippen LogP contribution in [-0.4, -0.2) is 9.46 Å². The van der Waals surface area contributed by atoms with Crippen LogP contribution >= 0.6 is 0 Å². The molecule has 2 N–H and O–H groups in total. The van der Waals surface area contributed by atoms with E-state index in [4.69, 9.17) is 5.73 Å². The van der Waals surface area contributed by atoms with E-state index in [9.17, 15) is 13.0 Å². The summed E-state index contributed by atoms with van der Waals surface area (Å²) in [6, 6.07) is 1.32. The van der Waals surface area contributed by atoms with Crippen LogP contribution in [0.2, 0.25) is 0 Å². The van der Waals surface area contributed by atoms with Gasteiger partial charge in [-0.25, -0.2) is 8.78 Å². The Morgan fingerprint density at radius 3 is 2.50 bits per heavy atom. The summed E-state index contributed by atoms with van der Waals surface area (Å²) in [7, 11) is -1.53. The summed E-state index contributed by atoms with van der Waals surface area (Å²) in [4.78, 5) is -0.0648. The maximum Gasteiger partial charge on any atom is 0.139 e. The van der Waals surface area contributed by atoms with Crippen LogP contribution in [0.1, 0.15) is 18.5 Å². The first-order chi connectivity index (χ1) is 6.54. The first-order valence-corrected chi connectivity index (χ1v) is 5.39. The molecular formula is C9H9F2NOS. The predicted molar refractivity (Wildman–Crippen MR) is 49.2 cm³/mol. The van der Waals surface area contributed by atoms with Crippen LogP contribution in [-0.2, 0) is 10.8 Å².